The average Bonchev–Trinajstić information content (AvgIpc) is 2.68. The molecule has 0 aliphatic heterocycles. The van der Waals surface area contributed by atoms with E-state index in [1.54, 1.807) is 13.0 Å². The lowest BCUT2D eigenvalue weighted by molar-refractivity contribution is -0.356. The molecular weight excluding hydrogens is 372 g/mol. The zero-order valence-electron chi connectivity index (χ0n) is 15.0. The molecule has 3 aromatic rings. The molecular formula is C22H18F4O2. The first-order valence-corrected chi connectivity index (χ1v) is 8.53. The molecule has 146 valence electrons. The second-order valence-corrected chi connectivity index (χ2v) is 6.45. The van der Waals surface area contributed by atoms with Crippen LogP contribution < -0.4 is 4.74 Å². The molecule has 0 bridgehead atoms. The van der Waals surface area contributed by atoms with Gasteiger partial charge in [0.2, 0.25) is 0 Å². The zero-order valence-corrected chi connectivity index (χ0v) is 15.0. The van der Waals surface area contributed by atoms with E-state index in [9.17, 15) is 13.9 Å². The van der Waals surface area contributed by atoms with Crippen LogP contribution >= 0.6 is 0 Å². The normalized spacial score (nSPS) is 14.4. The number of hydrogen-bond acceptors (Lipinski definition) is 2. The molecule has 0 aromatic heterocycles. The number of hydrogen-bond donors (Lipinski definition) is 1. The van der Waals surface area contributed by atoms with Crippen molar-refractivity contribution in [1.82, 2.24) is 0 Å². The van der Waals surface area contributed by atoms with E-state index in [2.05, 4.69) is 4.74 Å². The predicted molar refractivity (Wildman–Crippen MR) is 97.6 cm³/mol. The maximum atomic E-state index is 15.3. The Bertz CT molecular complexity index is 930. The van der Waals surface area contributed by atoms with Crippen LogP contribution in [0.1, 0.15) is 16.7 Å². The molecule has 0 amide bonds. The highest BCUT2D eigenvalue weighted by Gasteiger charge is 2.72. The van der Waals surface area contributed by atoms with Crippen LogP contribution in [0.3, 0.4) is 0 Å². The molecule has 3 aromatic carbocycles. The zero-order chi connectivity index (χ0) is 20.4. The van der Waals surface area contributed by atoms with Gasteiger partial charge in [-0.25, -0.2) is 0 Å². The van der Waals surface area contributed by atoms with Crippen molar-refractivity contribution in [3.05, 3.63) is 102 Å². The van der Waals surface area contributed by atoms with Gasteiger partial charge in [-0.1, -0.05) is 78.4 Å². The SMILES string of the molecule is Cc1cccc(C(O)(c2ccccc2)C(F)(F)C(F)(F)Oc2ccccc2)c1. The highest BCUT2D eigenvalue weighted by Crippen LogP contribution is 2.51. The molecule has 0 radical (unpaired) electrons. The fourth-order valence-corrected chi connectivity index (χ4v) is 2.99. The van der Waals surface area contributed by atoms with Crippen LogP contribution in [0.5, 0.6) is 5.75 Å². The Morgan fingerprint density at radius 1 is 0.714 bits per heavy atom. The Kier molecular flexibility index (Phi) is 5.17. The van der Waals surface area contributed by atoms with E-state index in [1.165, 1.54) is 66.7 Å². The molecule has 0 saturated heterocycles. The summed E-state index contributed by atoms with van der Waals surface area (Å²) < 4.78 is 64.4. The monoisotopic (exact) mass is 390 g/mol. The molecule has 0 aliphatic rings. The summed E-state index contributed by atoms with van der Waals surface area (Å²) in [5.74, 6) is -5.43. The standard InChI is InChI=1S/C22H18F4O2/c1-16-9-8-12-18(15-16)20(27,17-10-4-2-5-11-17)21(23,24)22(25,26)28-19-13-6-3-7-14-19/h2-15,27H,1H3. The highest BCUT2D eigenvalue weighted by atomic mass is 19.3. The Labute approximate surface area is 160 Å². The van der Waals surface area contributed by atoms with Crippen molar-refractivity contribution < 1.29 is 27.4 Å². The Morgan fingerprint density at radius 2 is 1.25 bits per heavy atom. The summed E-state index contributed by atoms with van der Waals surface area (Å²) >= 11 is 0. The van der Waals surface area contributed by atoms with Crippen molar-refractivity contribution in [2.75, 3.05) is 0 Å². The maximum Gasteiger partial charge on any atom is 0.468 e. The number of benzene rings is 3. The Morgan fingerprint density at radius 3 is 1.82 bits per heavy atom. The number of para-hydroxylation sites is 1. The van der Waals surface area contributed by atoms with Crippen LogP contribution in [0.2, 0.25) is 0 Å². The van der Waals surface area contributed by atoms with E-state index < -0.39 is 23.4 Å². The summed E-state index contributed by atoms with van der Waals surface area (Å²) in [6.07, 6.45) is -5.00. The van der Waals surface area contributed by atoms with Gasteiger partial charge in [0.05, 0.1) is 0 Å². The fraction of sp³-hybridized carbons (Fsp3) is 0.182. The van der Waals surface area contributed by atoms with Gasteiger partial charge in [-0.05, 0) is 30.2 Å². The first-order chi connectivity index (χ1) is 13.2. The van der Waals surface area contributed by atoms with Crippen molar-refractivity contribution in [2.24, 2.45) is 0 Å². The minimum absolute atomic E-state index is 0.361. The van der Waals surface area contributed by atoms with E-state index >= 15 is 8.78 Å². The first-order valence-electron chi connectivity index (χ1n) is 8.53. The van der Waals surface area contributed by atoms with Crippen molar-refractivity contribution >= 4 is 0 Å². The third kappa shape index (κ3) is 3.36. The summed E-state index contributed by atoms with van der Waals surface area (Å²) in [4.78, 5) is 0. The van der Waals surface area contributed by atoms with E-state index in [4.69, 9.17) is 0 Å². The third-order valence-electron chi connectivity index (χ3n) is 4.44. The van der Waals surface area contributed by atoms with Crippen molar-refractivity contribution in [2.45, 2.75) is 24.6 Å². The summed E-state index contributed by atoms with van der Waals surface area (Å²) in [6, 6.07) is 18.7. The van der Waals surface area contributed by atoms with Crippen molar-refractivity contribution in [1.29, 1.82) is 0 Å². The second kappa shape index (κ2) is 7.28. The second-order valence-electron chi connectivity index (χ2n) is 6.45. The van der Waals surface area contributed by atoms with E-state index in [1.807, 2.05) is 0 Å². The number of aliphatic hydroxyl groups is 1. The van der Waals surface area contributed by atoms with Crippen LogP contribution in [0, 0.1) is 6.92 Å². The molecule has 3 rings (SSSR count). The topological polar surface area (TPSA) is 29.5 Å². The molecule has 6 heteroatoms. The van der Waals surface area contributed by atoms with Crippen LogP contribution in [0.4, 0.5) is 17.6 Å². The van der Waals surface area contributed by atoms with Crippen LogP contribution in [0.15, 0.2) is 84.9 Å². The largest absolute Gasteiger partial charge is 0.468 e. The number of rotatable bonds is 6. The minimum Gasteiger partial charge on any atom is -0.428 e. The summed E-state index contributed by atoms with van der Waals surface area (Å²) in [5.41, 5.74) is -3.52. The predicted octanol–water partition coefficient (Wildman–Crippen LogP) is 5.54. The molecule has 28 heavy (non-hydrogen) atoms. The lowest BCUT2D eigenvalue weighted by atomic mass is 9.79. The summed E-state index contributed by atoms with van der Waals surface area (Å²) in [7, 11) is 0. The van der Waals surface area contributed by atoms with Gasteiger partial charge in [-0.3, -0.25) is 0 Å². The van der Waals surface area contributed by atoms with E-state index in [-0.39, 0.29) is 11.1 Å². The number of ether oxygens (including phenoxy) is 1. The van der Waals surface area contributed by atoms with Gasteiger partial charge in [-0.15, -0.1) is 0 Å². The maximum absolute atomic E-state index is 15.3. The molecule has 0 spiro atoms. The van der Waals surface area contributed by atoms with Gasteiger partial charge in [0.1, 0.15) is 5.75 Å². The highest BCUT2D eigenvalue weighted by molar-refractivity contribution is 5.41. The van der Waals surface area contributed by atoms with E-state index in [0.717, 1.165) is 12.1 Å². The molecule has 1 atom stereocenters. The van der Waals surface area contributed by atoms with Crippen molar-refractivity contribution in [3.63, 3.8) is 0 Å². The Hall–Kier alpha value is -2.86. The van der Waals surface area contributed by atoms with Gasteiger partial charge in [0, 0.05) is 0 Å². The van der Waals surface area contributed by atoms with Gasteiger partial charge >= 0.3 is 12.0 Å². The van der Waals surface area contributed by atoms with Gasteiger partial charge in [0.25, 0.3) is 0 Å². The first kappa shape index (κ1) is 19.9. The molecule has 1 N–H and O–H groups in total. The van der Waals surface area contributed by atoms with Crippen LogP contribution in [-0.4, -0.2) is 17.1 Å². The Balaban J connectivity index is 2.16. The summed E-state index contributed by atoms with van der Waals surface area (Å²) in [5, 5.41) is 11.1. The number of alkyl halides is 4. The number of halogens is 4. The molecule has 1 unspecified atom stereocenters. The fourth-order valence-electron chi connectivity index (χ4n) is 2.99. The lowest BCUT2D eigenvalue weighted by Gasteiger charge is -2.40. The molecule has 0 saturated carbocycles. The number of aryl methyl sites for hydroxylation is 1. The average molecular weight is 390 g/mol. The van der Waals surface area contributed by atoms with Crippen LogP contribution in [-0.2, 0) is 5.60 Å². The van der Waals surface area contributed by atoms with Gasteiger partial charge < -0.3 is 9.84 Å². The minimum atomic E-state index is -5.00. The smallest absolute Gasteiger partial charge is 0.428 e. The van der Waals surface area contributed by atoms with Gasteiger partial charge in [0.15, 0.2) is 5.60 Å². The molecule has 0 heterocycles. The molecule has 2 nitrogen and oxygen atoms in total. The molecule has 0 fully saturated rings. The van der Waals surface area contributed by atoms with Gasteiger partial charge in [-0.2, -0.15) is 17.6 Å². The summed E-state index contributed by atoms with van der Waals surface area (Å²) in [6.45, 7) is 1.62. The van der Waals surface area contributed by atoms with E-state index in [0.29, 0.717) is 5.56 Å². The third-order valence-corrected chi connectivity index (χ3v) is 4.44. The molecule has 0 aliphatic carbocycles. The van der Waals surface area contributed by atoms with Crippen LogP contribution in [0.25, 0.3) is 0 Å². The van der Waals surface area contributed by atoms with Crippen molar-refractivity contribution in [3.8, 4) is 5.75 Å². The lowest BCUT2D eigenvalue weighted by Crippen LogP contribution is -2.59. The quantitative estimate of drug-likeness (QED) is 0.560.